The number of benzene rings is 2. The number of fused-ring (bicyclic) bond motifs is 1. The van der Waals surface area contributed by atoms with Crippen molar-refractivity contribution >= 4 is 17.2 Å². The smallest absolute Gasteiger partial charge is 0.225 e. The predicted molar refractivity (Wildman–Crippen MR) is 95.0 cm³/mol. The van der Waals surface area contributed by atoms with Crippen LogP contribution < -0.4 is 4.74 Å². The molecule has 0 saturated heterocycles. The zero-order valence-electron chi connectivity index (χ0n) is 13.6. The Kier molecular flexibility index (Phi) is 3.82. The number of aryl methyl sites for hydroxylation is 2. The molecule has 0 bridgehead atoms. The highest BCUT2D eigenvalue weighted by molar-refractivity contribution is 6.32. The summed E-state index contributed by atoms with van der Waals surface area (Å²) in [5, 5.41) is 12.5. The molecule has 0 aliphatic carbocycles. The van der Waals surface area contributed by atoms with E-state index in [0.717, 1.165) is 21.7 Å². The predicted octanol–water partition coefficient (Wildman–Crippen LogP) is 4.25. The minimum absolute atomic E-state index is 0.419. The van der Waals surface area contributed by atoms with E-state index in [1.807, 2.05) is 56.3 Å². The highest BCUT2D eigenvalue weighted by atomic mass is 35.5. The second kappa shape index (κ2) is 6.14. The number of aromatic nitrogens is 5. The van der Waals surface area contributed by atoms with Crippen molar-refractivity contribution < 1.29 is 4.74 Å². The van der Waals surface area contributed by atoms with Crippen LogP contribution in [-0.4, -0.2) is 25.0 Å². The fourth-order valence-corrected chi connectivity index (χ4v) is 2.75. The van der Waals surface area contributed by atoms with Crippen molar-refractivity contribution in [1.29, 1.82) is 0 Å². The molecule has 124 valence electrons. The van der Waals surface area contributed by atoms with Crippen LogP contribution in [0.2, 0.25) is 5.02 Å². The lowest BCUT2D eigenvalue weighted by molar-refractivity contribution is 0.461. The summed E-state index contributed by atoms with van der Waals surface area (Å²) >= 11 is 6.22. The van der Waals surface area contributed by atoms with Gasteiger partial charge < -0.3 is 4.74 Å². The van der Waals surface area contributed by atoms with Gasteiger partial charge in [0.05, 0.1) is 0 Å². The maximum absolute atomic E-state index is 6.22. The molecule has 25 heavy (non-hydrogen) atoms. The van der Waals surface area contributed by atoms with E-state index >= 15 is 0 Å². The SMILES string of the molecule is Cc1cc(Oc2cc3nnnn3c(-c3ccccc3)n2)cc(C)c1Cl. The van der Waals surface area contributed by atoms with Gasteiger partial charge in [0.25, 0.3) is 0 Å². The Morgan fingerprint density at radius 3 is 2.44 bits per heavy atom. The zero-order chi connectivity index (χ0) is 17.4. The Bertz CT molecular complexity index is 1040. The summed E-state index contributed by atoms with van der Waals surface area (Å²) in [4.78, 5) is 4.59. The van der Waals surface area contributed by atoms with Gasteiger partial charge in [-0.1, -0.05) is 41.9 Å². The van der Waals surface area contributed by atoms with Crippen molar-refractivity contribution in [2.75, 3.05) is 0 Å². The topological polar surface area (TPSA) is 65.2 Å². The summed E-state index contributed by atoms with van der Waals surface area (Å²) in [6, 6.07) is 15.2. The molecule has 6 nitrogen and oxygen atoms in total. The molecule has 4 aromatic rings. The van der Waals surface area contributed by atoms with Gasteiger partial charge in [0.15, 0.2) is 11.5 Å². The Labute approximate surface area is 149 Å². The lowest BCUT2D eigenvalue weighted by atomic mass is 10.1. The van der Waals surface area contributed by atoms with Crippen molar-refractivity contribution in [3.8, 4) is 23.0 Å². The van der Waals surface area contributed by atoms with Crippen LogP contribution in [0.1, 0.15) is 11.1 Å². The van der Waals surface area contributed by atoms with E-state index < -0.39 is 0 Å². The maximum atomic E-state index is 6.22. The molecule has 0 saturated carbocycles. The summed E-state index contributed by atoms with van der Waals surface area (Å²) < 4.78 is 7.54. The van der Waals surface area contributed by atoms with Crippen LogP contribution in [-0.2, 0) is 0 Å². The van der Waals surface area contributed by atoms with Crippen molar-refractivity contribution in [1.82, 2.24) is 25.0 Å². The zero-order valence-corrected chi connectivity index (χ0v) is 14.4. The van der Waals surface area contributed by atoms with E-state index in [2.05, 4.69) is 20.5 Å². The summed E-state index contributed by atoms with van der Waals surface area (Å²) in [6.07, 6.45) is 0. The molecule has 0 aliphatic rings. The molecule has 7 heteroatoms. The third-order valence-electron chi connectivity index (χ3n) is 3.83. The molecule has 0 radical (unpaired) electrons. The van der Waals surface area contributed by atoms with Gasteiger partial charge in [0.2, 0.25) is 5.88 Å². The summed E-state index contributed by atoms with van der Waals surface area (Å²) in [7, 11) is 0. The molecule has 0 N–H and O–H groups in total. The van der Waals surface area contributed by atoms with E-state index in [1.54, 1.807) is 10.6 Å². The first-order chi connectivity index (χ1) is 12.1. The molecule has 2 aromatic heterocycles. The van der Waals surface area contributed by atoms with E-state index in [1.165, 1.54) is 0 Å². The molecule has 0 atom stereocenters. The van der Waals surface area contributed by atoms with Crippen LogP contribution in [0.4, 0.5) is 0 Å². The van der Waals surface area contributed by atoms with Gasteiger partial charge in [0.1, 0.15) is 5.75 Å². The lowest BCUT2D eigenvalue weighted by Crippen LogP contribution is -2.00. The van der Waals surface area contributed by atoms with Crippen LogP contribution in [0.3, 0.4) is 0 Å². The Morgan fingerprint density at radius 1 is 1.00 bits per heavy atom. The Balaban J connectivity index is 1.81. The molecule has 0 amide bonds. The quantitative estimate of drug-likeness (QED) is 0.552. The molecule has 0 aliphatic heterocycles. The first kappa shape index (κ1) is 15.5. The fraction of sp³-hybridized carbons (Fsp3) is 0.111. The molecule has 0 fully saturated rings. The van der Waals surface area contributed by atoms with Crippen LogP contribution >= 0.6 is 11.6 Å². The van der Waals surface area contributed by atoms with Crippen LogP contribution in [0.15, 0.2) is 48.5 Å². The standard InChI is InChI=1S/C18H14ClN5O/c1-11-8-14(9-12(2)17(11)19)25-16-10-15-21-22-23-24(15)18(20-16)13-6-4-3-5-7-13/h3-10H,1-2H3. The number of hydrogen-bond donors (Lipinski definition) is 0. The number of rotatable bonds is 3. The van der Waals surface area contributed by atoms with Gasteiger partial charge >= 0.3 is 0 Å². The normalized spacial score (nSPS) is 11.0. The van der Waals surface area contributed by atoms with E-state index in [4.69, 9.17) is 16.3 Å². The molecule has 0 unspecified atom stereocenters. The third kappa shape index (κ3) is 2.92. The molecular formula is C18H14ClN5O. The third-order valence-corrected chi connectivity index (χ3v) is 4.42. The lowest BCUT2D eigenvalue weighted by Gasteiger charge is -2.10. The highest BCUT2D eigenvalue weighted by Crippen LogP contribution is 2.30. The molecule has 0 spiro atoms. The first-order valence-corrected chi connectivity index (χ1v) is 8.09. The minimum atomic E-state index is 0.419. The fourth-order valence-electron chi connectivity index (χ4n) is 2.64. The van der Waals surface area contributed by atoms with Gasteiger partial charge in [0, 0.05) is 16.7 Å². The average Bonchev–Trinajstić information content (AvgIpc) is 3.08. The molecular weight excluding hydrogens is 338 g/mol. The second-order valence-electron chi connectivity index (χ2n) is 5.71. The van der Waals surface area contributed by atoms with E-state index in [-0.39, 0.29) is 0 Å². The minimum Gasteiger partial charge on any atom is -0.439 e. The van der Waals surface area contributed by atoms with Crippen molar-refractivity contribution in [3.05, 3.63) is 64.7 Å². The average molecular weight is 352 g/mol. The maximum Gasteiger partial charge on any atom is 0.225 e. The summed E-state index contributed by atoms with van der Waals surface area (Å²) in [5.41, 5.74) is 3.36. The van der Waals surface area contributed by atoms with Gasteiger partial charge in [-0.25, -0.2) is 0 Å². The number of tetrazole rings is 1. The number of halogens is 1. The number of hydrogen-bond acceptors (Lipinski definition) is 5. The van der Waals surface area contributed by atoms with E-state index in [0.29, 0.717) is 23.1 Å². The van der Waals surface area contributed by atoms with E-state index in [9.17, 15) is 0 Å². The van der Waals surface area contributed by atoms with Gasteiger partial charge in [-0.15, -0.1) is 5.10 Å². The largest absolute Gasteiger partial charge is 0.439 e. The van der Waals surface area contributed by atoms with Crippen molar-refractivity contribution in [2.24, 2.45) is 0 Å². The Hall–Kier alpha value is -2.99. The Morgan fingerprint density at radius 2 is 1.72 bits per heavy atom. The summed E-state index contributed by atoms with van der Waals surface area (Å²) in [5.74, 6) is 1.70. The van der Waals surface area contributed by atoms with Crippen LogP contribution in [0.5, 0.6) is 11.6 Å². The van der Waals surface area contributed by atoms with Gasteiger partial charge in [-0.05, 0) is 47.5 Å². The summed E-state index contributed by atoms with van der Waals surface area (Å²) in [6.45, 7) is 3.88. The molecule has 2 aromatic carbocycles. The molecule has 2 heterocycles. The van der Waals surface area contributed by atoms with Gasteiger partial charge in [-0.3, -0.25) is 0 Å². The monoisotopic (exact) mass is 351 g/mol. The van der Waals surface area contributed by atoms with Crippen molar-refractivity contribution in [2.45, 2.75) is 13.8 Å². The second-order valence-corrected chi connectivity index (χ2v) is 6.08. The highest BCUT2D eigenvalue weighted by Gasteiger charge is 2.13. The van der Waals surface area contributed by atoms with Gasteiger partial charge in [-0.2, -0.15) is 9.50 Å². The van der Waals surface area contributed by atoms with Crippen LogP contribution in [0.25, 0.3) is 17.0 Å². The van der Waals surface area contributed by atoms with Crippen LogP contribution in [0, 0.1) is 13.8 Å². The number of nitrogens with zero attached hydrogens (tertiary/aromatic N) is 5. The number of ether oxygens (including phenoxy) is 1. The van der Waals surface area contributed by atoms with Crippen molar-refractivity contribution in [3.63, 3.8) is 0 Å². The first-order valence-electron chi connectivity index (χ1n) is 7.71. The molecule has 4 rings (SSSR count).